The predicted octanol–water partition coefficient (Wildman–Crippen LogP) is 2.21. The second-order valence-electron chi connectivity index (χ2n) is 6.27. The minimum atomic E-state index is -0.503. The standard InChI is InChI=1S/C14H26N2O3/c1-10(16-13(18)19-14(2,3)4)9-15-12(17)11-7-5-6-8-11/h10-11H,5-9H2,1-4H3,(H,15,17)(H,16,18)/t10-/m1/s1. The number of alkyl carbamates (subject to hydrolysis) is 1. The van der Waals surface area contributed by atoms with Crippen LogP contribution in [0.3, 0.4) is 0 Å². The molecule has 1 fully saturated rings. The first kappa shape index (κ1) is 15.8. The molecule has 1 saturated carbocycles. The van der Waals surface area contributed by atoms with Crippen molar-refractivity contribution in [3.63, 3.8) is 0 Å². The second kappa shape index (κ2) is 6.78. The molecule has 0 aromatic carbocycles. The van der Waals surface area contributed by atoms with Crippen LogP contribution >= 0.6 is 0 Å². The van der Waals surface area contributed by atoms with E-state index < -0.39 is 11.7 Å². The molecule has 5 heteroatoms. The average Bonchev–Trinajstić information content (AvgIpc) is 2.76. The van der Waals surface area contributed by atoms with Crippen LogP contribution in [0, 0.1) is 5.92 Å². The molecule has 110 valence electrons. The SMILES string of the molecule is C[C@H](CNC(=O)C1CCCC1)NC(=O)OC(C)(C)C. The van der Waals surface area contributed by atoms with Crippen molar-refractivity contribution in [2.24, 2.45) is 5.92 Å². The monoisotopic (exact) mass is 270 g/mol. The van der Waals surface area contributed by atoms with Gasteiger partial charge in [-0.15, -0.1) is 0 Å². The van der Waals surface area contributed by atoms with Gasteiger partial charge in [-0.2, -0.15) is 0 Å². The van der Waals surface area contributed by atoms with E-state index in [4.69, 9.17) is 4.74 Å². The van der Waals surface area contributed by atoms with Crippen LogP contribution in [0.25, 0.3) is 0 Å². The molecule has 5 nitrogen and oxygen atoms in total. The van der Waals surface area contributed by atoms with E-state index in [-0.39, 0.29) is 17.9 Å². The molecular formula is C14H26N2O3. The van der Waals surface area contributed by atoms with Gasteiger partial charge in [-0.3, -0.25) is 4.79 Å². The van der Waals surface area contributed by atoms with Crippen molar-refractivity contribution in [2.45, 2.75) is 65.0 Å². The molecule has 1 aliphatic rings. The summed E-state index contributed by atoms with van der Waals surface area (Å²) >= 11 is 0. The Kier molecular flexibility index (Phi) is 5.63. The Morgan fingerprint density at radius 2 is 1.84 bits per heavy atom. The topological polar surface area (TPSA) is 67.4 Å². The van der Waals surface area contributed by atoms with E-state index in [9.17, 15) is 9.59 Å². The molecule has 0 aromatic rings. The Labute approximate surface area is 115 Å². The van der Waals surface area contributed by atoms with Crippen molar-refractivity contribution in [3.8, 4) is 0 Å². The van der Waals surface area contributed by atoms with E-state index in [0.29, 0.717) is 6.54 Å². The lowest BCUT2D eigenvalue weighted by Gasteiger charge is -2.22. The van der Waals surface area contributed by atoms with Crippen LogP contribution in [-0.4, -0.2) is 30.2 Å². The van der Waals surface area contributed by atoms with E-state index in [1.54, 1.807) is 0 Å². The highest BCUT2D eigenvalue weighted by Crippen LogP contribution is 2.24. The summed E-state index contributed by atoms with van der Waals surface area (Å²) in [5.74, 6) is 0.268. The summed E-state index contributed by atoms with van der Waals surface area (Å²) in [5, 5.41) is 5.59. The first-order valence-electron chi connectivity index (χ1n) is 7.05. The first-order valence-corrected chi connectivity index (χ1v) is 7.05. The normalized spacial score (nSPS) is 17.9. The highest BCUT2D eigenvalue weighted by atomic mass is 16.6. The summed E-state index contributed by atoms with van der Waals surface area (Å²) < 4.78 is 5.15. The Hall–Kier alpha value is -1.26. The molecule has 1 atom stereocenters. The fraction of sp³-hybridized carbons (Fsp3) is 0.857. The third kappa shape index (κ3) is 6.45. The zero-order chi connectivity index (χ0) is 14.5. The molecule has 0 saturated heterocycles. The Balaban J connectivity index is 2.21. The minimum Gasteiger partial charge on any atom is -0.444 e. The third-order valence-electron chi connectivity index (χ3n) is 3.07. The van der Waals surface area contributed by atoms with E-state index in [1.807, 2.05) is 27.7 Å². The lowest BCUT2D eigenvalue weighted by atomic mass is 10.1. The van der Waals surface area contributed by atoms with Gasteiger partial charge in [-0.05, 0) is 40.5 Å². The van der Waals surface area contributed by atoms with Crippen LogP contribution in [0.5, 0.6) is 0 Å². The molecule has 0 spiro atoms. The summed E-state index contributed by atoms with van der Waals surface area (Å²) in [6, 6.07) is -0.139. The molecule has 19 heavy (non-hydrogen) atoms. The molecule has 0 aliphatic heterocycles. The molecule has 2 amide bonds. The van der Waals surface area contributed by atoms with Crippen LogP contribution in [0.1, 0.15) is 53.4 Å². The van der Waals surface area contributed by atoms with Crippen molar-refractivity contribution < 1.29 is 14.3 Å². The summed E-state index contributed by atoms with van der Waals surface area (Å²) in [6.45, 7) is 7.74. The third-order valence-corrected chi connectivity index (χ3v) is 3.07. The van der Waals surface area contributed by atoms with Gasteiger partial charge in [0.15, 0.2) is 0 Å². The number of hydrogen-bond acceptors (Lipinski definition) is 3. The van der Waals surface area contributed by atoms with Gasteiger partial charge >= 0.3 is 6.09 Å². The fourth-order valence-electron chi connectivity index (χ4n) is 2.15. The van der Waals surface area contributed by atoms with Gasteiger partial charge in [-0.1, -0.05) is 12.8 Å². The quantitative estimate of drug-likeness (QED) is 0.823. The zero-order valence-electron chi connectivity index (χ0n) is 12.4. The lowest BCUT2D eigenvalue weighted by Crippen LogP contribution is -2.44. The molecule has 1 aliphatic carbocycles. The number of nitrogens with one attached hydrogen (secondary N) is 2. The van der Waals surface area contributed by atoms with E-state index in [2.05, 4.69) is 10.6 Å². The van der Waals surface area contributed by atoms with Gasteiger partial charge in [0.25, 0.3) is 0 Å². The van der Waals surface area contributed by atoms with Gasteiger partial charge in [0.2, 0.25) is 5.91 Å². The lowest BCUT2D eigenvalue weighted by molar-refractivity contribution is -0.124. The molecule has 0 unspecified atom stereocenters. The van der Waals surface area contributed by atoms with Gasteiger partial charge in [0.05, 0.1) is 0 Å². The molecule has 0 bridgehead atoms. The van der Waals surface area contributed by atoms with Crippen LogP contribution in [0.4, 0.5) is 4.79 Å². The maximum Gasteiger partial charge on any atom is 0.407 e. The summed E-state index contributed by atoms with van der Waals surface area (Å²) in [4.78, 5) is 23.3. The number of hydrogen-bond donors (Lipinski definition) is 2. The van der Waals surface area contributed by atoms with Crippen molar-refractivity contribution in [3.05, 3.63) is 0 Å². The van der Waals surface area contributed by atoms with Crippen LogP contribution in [0.2, 0.25) is 0 Å². The van der Waals surface area contributed by atoms with Gasteiger partial charge in [0, 0.05) is 18.5 Å². The largest absolute Gasteiger partial charge is 0.444 e. The van der Waals surface area contributed by atoms with Gasteiger partial charge < -0.3 is 15.4 Å². The highest BCUT2D eigenvalue weighted by Gasteiger charge is 2.23. The zero-order valence-corrected chi connectivity index (χ0v) is 12.4. The van der Waals surface area contributed by atoms with E-state index >= 15 is 0 Å². The summed E-state index contributed by atoms with van der Waals surface area (Å²) in [6.07, 6.45) is 3.81. The van der Waals surface area contributed by atoms with Crippen molar-refractivity contribution in [1.82, 2.24) is 10.6 Å². The van der Waals surface area contributed by atoms with Gasteiger partial charge in [-0.25, -0.2) is 4.79 Å². The molecule has 2 N–H and O–H groups in total. The van der Waals surface area contributed by atoms with E-state index in [1.165, 1.54) is 0 Å². The molecule has 1 rings (SSSR count). The maximum atomic E-state index is 11.8. The van der Waals surface area contributed by atoms with Crippen LogP contribution in [0.15, 0.2) is 0 Å². The first-order chi connectivity index (χ1) is 8.78. The van der Waals surface area contributed by atoms with Crippen molar-refractivity contribution >= 4 is 12.0 Å². The number of carbonyl (C=O) groups is 2. The summed E-state index contributed by atoms with van der Waals surface area (Å²) in [5.41, 5.74) is -0.503. The molecule has 0 heterocycles. The Morgan fingerprint density at radius 3 is 2.37 bits per heavy atom. The Morgan fingerprint density at radius 1 is 1.26 bits per heavy atom. The van der Waals surface area contributed by atoms with Crippen LogP contribution < -0.4 is 10.6 Å². The molecular weight excluding hydrogens is 244 g/mol. The minimum absolute atomic E-state index is 0.107. The fourth-order valence-corrected chi connectivity index (χ4v) is 2.15. The van der Waals surface area contributed by atoms with Gasteiger partial charge in [0.1, 0.15) is 5.60 Å². The van der Waals surface area contributed by atoms with E-state index in [0.717, 1.165) is 25.7 Å². The van der Waals surface area contributed by atoms with Crippen molar-refractivity contribution in [2.75, 3.05) is 6.54 Å². The average molecular weight is 270 g/mol. The number of carbonyl (C=O) groups excluding carboxylic acids is 2. The smallest absolute Gasteiger partial charge is 0.407 e. The number of amides is 2. The second-order valence-corrected chi connectivity index (χ2v) is 6.27. The van der Waals surface area contributed by atoms with Crippen molar-refractivity contribution in [1.29, 1.82) is 0 Å². The molecule has 0 aromatic heterocycles. The Bertz CT molecular complexity index is 317. The highest BCUT2D eigenvalue weighted by molar-refractivity contribution is 5.79. The number of ether oxygens (including phenoxy) is 1. The number of rotatable bonds is 4. The van der Waals surface area contributed by atoms with Crippen LogP contribution in [-0.2, 0) is 9.53 Å². The predicted molar refractivity (Wildman–Crippen MR) is 73.8 cm³/mol. The summed E-state index contributed by atoms with van der Waals surface area (Å²) in [7, 11) is 0. The maximum absolute atomic E-state index is 11.8. The molecule has 0 radical (unpaired) electrons.